The fourth-order valence-corrected chi connectivity index (χ4v) is 3.49. The maximum Gasteiger partial charge on any atom is 0 e. The molecule has 0 N–H and O–H groups in total. The number of hydrogen-bond donors (Lipinski definition) is 0. The summed E-state index contributed by atoms with van der Waals surface area (Å²) in [6, 6.07) is 7.79. The van der Waals surface area contributed by atoms with Gasteiger partial charge >= 0.3 is 85.6 Å². The number of hydrogen-bond acceptors (Lipinski definition) is 2. The van der Waals surface area contributed by atoms with Gasteiger partial charge in [-0.1, -0.05) is 0 Å². The molecule has 4 heteroatoms. The van der Waals surface area contributed by atoms with E-state index in [4.69, 9.17) is 0 Å². The molecule has 0 saturated carbocycles. The molecule has 0 fully saturated rings. The summed E-state index contributed by atoms with van der Waals surface area (Å²) < 4.78 is 3.67. The van der Waals surface area contributed by atoms with Crippen molar-refractivity contribution >= 4 is 39.0 Å². The van der Waals surface area contributed by atoms with Crippen LogP contribution in [0.15, 0.2) is 30.3 Å². The Kier molecular flexibility index (Phi) is 4.62. The van der Waals surface area contributed by atoms with Crippen LogP contribution in [0.3, 0.4) is 0 Å². The second-order valence-corrected chi connectivity index (χ2v) is 6.04. The van der Waals surface area contributed by atoms with Crippen LogP contribution in [0.2, 0.25) is 0 Å². The minimum absolute atomic E-state index is 0. The standard InChI is InChI=1S/C9H7.2CO.I.Ru/c1-2-5-9-7-3-6-8(9)4-1;2*1-2;;/h1-7H;;;;. The van der Waals surface area contributed by atoms with Gasteiger partial charge in [-0.3, -0.25) is 0 Å². The summed E-state index contributed by atoms with van der Waals surface area (Å²) >= 11 is -2.22. The topological polar surface area (TPSA) is 34.1 Å². The van der Waals surface area contributed by atoms with Gasteiger partial charge in [0.2, 0.25) is 0 Å². The van der Waals surface area contributed by atoms with E-state index in [9.17, 15) is 9.59 Å². The van der Waals surface area contributed by atoms with Crippen molar-refractivity contribution in [1.82, 2.24) is 0 Å². The van der Waals surface area contributed by atoms with E-state index in [0.29, 0.717) is 0 Å². The van der Waals surface area contributed by atoms with Crippen LogP contribution in [0.1, 0.15) is 15.6 Å². The van der Waals surface area contributed by atoms with Crippen LogP contribution in [-0.4, -0.2) is 8.95 Å². The van der Waals surface area contributed by atoms with E-state index in [0.717, 1.165) is 11.1 Å². The van der Waals surface area contributed by atoms with Gasteiger partial charge in [-0.15, -0.1) is 0 Å². The molecule has 1 aromatic carbocycles. The molecule has 1 atom stereocenters. The van der Waals surface area contributed by atoms with Crippen molar-refractivity contribution in [3.8, 4) is 0 Å². The number of allylic oxidation sites excluding steroid dienone is 1. The Labute approximate surface area is 109 Å². The summed E-state index contributed by atoms with van der Waals surface area (Å²) in [6.07, 6.45) is 3.87. The summed E-state index contributed by atoms with van der Waals surface area (Å²) in [6.45, 7) is 0. The Morgan fingerprint density at radius 1 is 1.13 bits per heavy atom. The Hall–Kier alpha value is -0.527. The third kappa shape index (κ3) is 2.35. The van der Waals surface area contributed by atoms with E-state index in [1.165, 1.54) is 0 Å². The first kappa shape index (κ1) is 12.5. The van der Waals surface area contributed by atoms with Gasteiger partial charge in [0, 0.05) is 24.0 Å². The van der Waals surface area contributed by atoms with Crippen LogP contribution in [0.4, 0.5) is 0 Å². The monoisotopic (exact) mass is 400 g/mol. The summed E-state index contributed by atoms with van der Waals surface area (Å²) in [5.74, 6) is 0. The zero-order chi connectivity index (χ0) is 9.97. The normalized spacial score (nSPS) is 16.5. The average molecular weight is 399 g/mol. The molecule has 2 rings (SSSR count). The van der Waals surface area contributed by atoms with E-state index >= 15 is 0 Å². The first-order chi connectivity index (χ1) is 6.86. The number of rotatable bonds is 1. The van der Waals surface area contributed by atoms with Crippen molar-refractivity contribution in [3.63, 3.8) is 0 Å². The molecule has 2 nitrogen and oxygen atoms in total. The molecule has 15 heavy (non-hydrogen) atoms. The van der Waals surface area contributed by atoms with Crippen LogP contribution in [0.5, 0.6) is 0 Å². The Balaban J connectivity index is 0.00000112. The molecule has 0 heterocycles. The molecule has 78 valence electrons. The Morgan fingerprint density at radius 2 is 1.80 bits per heavy atom. The quantitative estimate of drug-likeness (QED) is 0.537. The molecule has 1 unspecified atom stereocenters. The second kappa shape index (κ2) is 5.53. The van der Waals surface area contributed by atoms with Crippen molar-refractivity contribution < 1.29 is 24.6 Å². The van der Waals surface area contributed by atoms with Gasteiger partial charge in [-0.2, -0.15) is 0 Å². The van der Waals surface area contributed by atoms with Gasteiger partial charge in [-0.25, -0.2) is 0 Å². The third-order valence-electron chi connectivity index (χ3n) is 2.10. The Bertz CT molecular complexity index is 515. The number of carbonyl (C=O) groups excluding carboxylic acids is 2. The van der Waals surface area contributed by atoms with Crippen molar-refractivity contribution in [2.45, 2.75) is 4.51 Å². The van der Waals surface area contributed by atoms with Gasteiger partial charge in [0.1, 0.15) is 0 Å². The van der Waals surface area contributed by atoms with E-state index in [1.54, 1.807) is 0 Å². The maximum atomic E-state index is 10.6. The zero-order valence-electron chi connectivity index (χ0n) is 7.59. The Morgan fingerprint density at radius 3 is 2.47 bits per heavy atom. The third-order valence-corrected chi connectivity index (χ3v) is 4.82. The first-order valence-electron chi connectivity index (χ1n) is 4.04. The zero-order valence-corrected chi connectivity index (χ0v) is 11.5. The minimum atomic E-state index is -2.22. The van der Waals surface area contributed by atoms with Crippen molar-refractivity contribution in [2.75, 3.05) is 0 Å². The van der Waals surface area contributed by atoms with E-state index in [2.05, 4.69) is 0 Å². The fourth-order valence-electron chi connectivity index (χ4n) is 1.48. The smallest absolute Gasteiger partial charge is 0 e. The number of benzene rings is 1. The van der Waals surface area contributed by atoms with Crippen LogP contribution in [0.25, 0.3) is 6.08 Å². The molecular formula is C11H7IO2Ru. The van der Waals surface area contributed by atoms with Crippen molar-refractivity contribution in [3.05, 3.63) is 41.5 Å². The molecule has 1 aliphatic carbocycles. The SMILES string of the molecule is O=[C]=[Ru](=[C]=O)[CH]1C=Cc2ccccc21.[I]. The largest absolute Gasteiger partial charge is 0 e. The van der Waals surface area contributed by atoms with Crippen LogP contribution < -0.4 is 0 Å². The van der Waals surface area contributed by atoms with Gasteiger partial charge in [-0.05, 0) is 0 Å². The summed E-state index contributed by atoms with van der Waals surface area (Å²) in [5.41, 5.74) is 2.17. The summed E-state index contributed by atoms with van der Waals surface area (Å²) in [7, 11) is 0. The molecule has 0 aromatic heterocycles. The molecule has 0 saturated heterocycles. The molecule has 1 aliphatic rings. The molecule has 0 amide bonds. The fraction of sp³-hybridized carbons (Fsp3) is 0.0909. The van der Waals surface area contributed by atoms with E-state index in [1.807, 2.05) is 45.4 Å². The van der Waals surface area contributed by atoms with E-state index in [-0.39, 0.29) is 28.5 Å². The summed E-state index contributed by atoms with van der Waals surface area (Å²) in [5, 5.41) is 0. The predicted molar refractivity (Wildman–Crippen MR) is 63.6 cm³/mol. The number of fused-ring (bicyclic) bond motifs is 1. The second-order valence-electron chi connectivity index (χ2n) is 2.81. The molecule has 0 spiro atoms. The van der Waals surface area contributed by atoms with Gasteiger partial charge in [0.05, 0.1) is 0 Å². The molecule has 1 radical (unpaired) electrons. The minimum Gasteiger partial charge on any atom is 0 e. The van der Waals surface area contributed by atoms with Gasteiger partial charge < -0.3 is 0 Å². The van der Waals surface area contributed by atoms with Crippen molar-refractivity contribution in [1.29, 1.82) is 0 Å². The number of halogens is 1. The van der Waals surface area contributed by atoms with Crippen LogP contribution in [-0.2, 0) is 24.6 Å². The van der Waals surface area contributed by atoms with Crippen LogP contribution in [0, 0.1) is 0 Å². The van der Waals surface area contributed by atoms with Crippen molar-refractivity contribution in [2.24, 2.45) is 0 Å². The summed E-state index contributed by atoms with van der Waals surface area (Å²) in [4.78, 5) is 21.2. The first-order valence-corrected chi connectivity index (χ1v) is 6.78. The van der Waals surface area contributed by atoms with Gasteiger partial charge in [0.25, 0.3) is 0 Å². The molecule has 0 bridgehead atoms. The average Bonchev–Trinajstić information content (AvgIpc) is 2.65. The molecule has 1 aromatic rings. The molecular weight excluding hydrogens is 392 g/mol. The predicted octanol–water partition coefficient (Wildman–Crippen LogP) is 2.39. The van der Waals surface area contributed by atoms with Gasteiger partial charge in [0.15, 0.2) is 0 Å². The molecule has 0 aliphatic heterocycles. The van der Waals surface area contributed by atoms with Crippen LogP contribution >= 0.6 is 24.0 Å². The maximum absolute atomic E-state index is 10.6. The van der Waals surface area contributed by atoms with E-state index < -0.39 is 15.0 Å².